The Bertz CT molecular complexity index is 458. The van der Waals surface area contributed by atoms with Crippen LogP contribution in [0, 0.1) is 18.3 Å². The molecule has 0 aliphatic carbocycles. The van der Waals surface area contributed by atoms with Crippen molar-refractivity contribution in [3.63, 3.8) is 0 Å². The highest BCUT2D eigenvalue weighted by Crippen LogP contribution is 2.22. The highest BCUT2D eigenvalue weighted by atomic mass is 16.1. The number of nitrogens with zero attached hydrogens (tertiary/aromatic N) is 1. The van der Waals surface area contributed by atoms with E-state index >= 15 is 0 Å². The minimum Gasteiger partial charge on any atom is -0.397 e. The third-order valence-electron chi connectivity index (χ3n) is 1.96. The van der Waals surface area contributed by atoms with Crippen molar-refractivity contribution in [2.45, 2.75) is 6.92 Å². The molecule has 0 fully saturated rings. The predicted molar refractivity (Wildman–Crippen MR) is 59.1 cm³/mol. The van der Waals surface area contributed by atoms with Crippen LogP contribution in [0.15, 0.2) is 24.8 Å². The summed E-state index contributed by atoms with van der Waals surface area (Å²) in [6.45, 7) is 5.12. The number of nitrogens with two attached hydrogens (primary N) is 1. The number of carbonyl (C=O) groups excluding carboxylic acids is 1. The molecular formula is C11H11N3O. The first-order valence-electron chi connectivity index (χ1n) is 4.32. The van der Waals surface area contributed by atoms with Crippen molar-refractivity contribution < 1.29 is 4.79 Å². The summed E-state index contributed by atoms with van der Waals surface area (Å²) in [5, 5.41) is 11.3. The second-order valence-corrected chi connectivity index (χ2v) is 3.06. The largest absolute Gasteiger partial charge is 0.397 e. The number of amides is 1. The molecule has 1 amide bonds. The fourth-order valence-corrected chi connectivity index (χ4v) is 1.14. The Balaban J connectivity index is 3.12. The molecule has 76 valence electrons. The maximum Gasteiger partial charge on any atom is 0.247 e. The van der Waals surface area contributed by atoms with Crippen LogP contribution in [-0.2, 0) is 4.79 Å². The van der Waals surface area contributed by atoms with Crippen molar-refractivity contribution in [3.05, 3.63) is 35.9 Å². The molecule has 4 heteroatoms. The maximum atomic E-state index is 11.0. The molecule has 0 spiro atoms. The molecule has 3 N–H and O–H groups in total. The van der Waals surface area contributed by atoms with Crippen molar-refractivity contribution in [1.29, 1.82) is 5.26 Å². The van der Waals surface area contributed by atoms with Gasteiger partial charge in [-0.2, -0.15) is 5.26 Å². The standard InChI is InChI=1S/C11H11N3O/c1-3-11(15)14-10-4-7(2)8(6-12)5-9(10)13/h3-5H,1,13H2,2H3,(H,14,15). The fraction of sp³-hybridized carbons (Fsp3) is 0.0909. The maximum absolute atomic E-state index is 11.0. The lowest BCUT2D eigenvalue weighted by molar-refractivity contribution is -0.111. The Labute approximate surface area is 88.0 Å². The van der Waals surface area contributed by atoms with E-state index in [2.05, 4.69) is 11.9 Å². The first-order chi connectivity index (χ1) is 7.08. The lowest BCUT2D eigenvalue weighted by Crippen LogP contribution is -2.09. The first kappa shape index (κ1) is 10.8. The number of carbonyl (C=O) groups is 1. The third kappa shape index (κ3) is 2.35. The summed E-state index contributed by atoms with van der Waals surface area (Å²) in [5.41, 5.74) is 7.81. The van der Waals surface area contributed by atoms with Gasteiger partial charge in [0.05, 0.1) is 23.0 Å². The molecular weight excluding hydrogens is 190 g/mol. The quantitative estimate of drug-likeness (QED) is 0.563. The van der Waals surface area contributed by atoms with E-state index in [1.165, 1.54) is 6.07 Å². The summed E-state index contributed by atoms with van der Waals surface area (Å²) in [5.74, 6) is -0.328. The topological polar surface area (TPSA) is 78.9 Å². The van der Waals surface area contributed by atoms with Crippen LogP contribution < -0.4 is 11.1 Å². The van der Waals surface area contributed by atoms with Crippen LogP contribution >= 0.6 is 0 Å². The number of rotatable bonds is 2. The SMILES string of the molecule is C=CC(=O)Nc1cc(C)c(C#N)cc1N. The average molecular weight is 201 g/mol. The second-order valence-electron chi connectivity index (χ2n) is 3.06. The van der Waals surface area contributed by atoms with E-state index in [9.17, 15) is 4.79 Å². The Morgan fingerprint density at radius 2 is 2.33 bits per heavy atom. The van der Waals surface area contributed by atoms with E-state index in [0.717, 1.165) is 11.6 Å². The highest BCUT2D eigenvalue weighted by Gasteiger charge is 2.06. The van der Waals surface area contributed by atoms with Gasteiger partial charge in [-0.25, -0.2) is 0 Å². The fourth-order valence-electron chi connectivity index (χ4n) is 1.14. The molecule has 0 aliphatic rings. The summed E-state index contributed by atoms with van der Waals surface area (Å²) in [6.07, 6.45) is 1.16. The number of hydrogen-bond donors (Lipinski definition) is 2. The molecule has 0 bridgehead atoms. The number of hydrogen-bond acceptors (Lipinski definition) is 3. The van der Waals surface area contributed by atoms with Gasteiger partial charge in [0.1, 0.15) is 0 Å². The van der Waals surface area contributed by atoms with Gasteiger partial charge in [0.15, 0.2) is 0 Å². The van der Waals surface area contributed by atoms with E-state index in [-0.39, 0.29) is 5.91 Å². The number of aryl methyl sites for hydroxylation is 1. The normalized spacial score (nSPS) is 9.07. The molecule has 1 aromatic carbocycles. The highest BCUT2D eigenvalue weighted by molar-refractivity contribution is 6.01. The van der Waals surface area contributed by atoms with E-state index in [4.69, 9.17) is 11.0 Å². The molecule has 0 saturated carbocycles. The van der Waals surface area contributed by atoms with Crippen LogP contribution in [0.1, 0.15) is 11.1 Å². The van der Waals surface area contributed by atoms with E-state index < -0.39 is 0 Å². The Morgan fingerprint density at radius 1 is 1.67 bits per heavy atom. The number of anilines is 2. The molecule has 15 heavy (non-hydrogen) atoms. The van der Waals surface area contributed by atoms with E-state index in [0.29, 0.717) is 16.9 Å². The lowest BCUT2D eigenvalue weighted by atomic mass is 10.1. The number of benzene rings is 1. The van der Waals surface area contributed by atoms with Gasteiger partial charge in [0.25, 0.3) is 0 Å². The molecule has 4 nitrogen and oxygen atoms in total. The Morgan fingerprint density at radius 3 is 2.87 bits per heavy atom. The van der Waals surface area contributed by atoms with E-state index in [1.807, 2.05) is 6.07 Å². The summed E-state index contributed by atoms with van der Waals surface area (Å²) < 4.78 is 0. The second kappa shape index (κ2) is 4.29. The molecule has 1 aromatic rings. The van der Waals surface area contributed by atoms with Crippen LogP contribution in [-0.4, -0.2) is 5.91 Å². The number of nitriles is 1. The van der Waals surface area contributed by atoms with Crippen molar-refractivity contribution in [3.8, 4) is 6.07 Å². The Kier molecular flexibility index (Phi) is 3.09. The van der Waals surface area contributed by atoms with Crippen LogP contribution in [0.25, 0.3) is 0 Å². The molecule has 0 radical (unpaired) electrons. The zero-order chi connectivity index (χ0) is 11.4. The Hall–Kier alpha value is -2.28. The molecule has 1 rings (SSSR count). The van der Waals surface area contributed by atoms with Gasteiger partial charge in [0, 0.05) is 0 Å². The molecule has 0 heterocycles. The summed E-state index contributed by atoms with van der Waals surface area (Å²) >= 11 is 0. The van der Waals surface area contributed by atoms with Crippen molar-refractivity contribution >= 4 is 17.3 Å². The zero-order valence-corrected chi connectivity index (χ0v) is 8.37. The van der Waals surface area contributed by atoms with Gasteiger partial charge in [-0.1, -0.05) is 6.58 Å². The monoisotopic (exact) mass is 201 g/mol. The van der Waals surface area contributed by atoms with Gasteiger partial charge in [0.2, 0.25) is 5.91 Å². The van der Waals surface area contributed by atoms with Crippen molar-refractivity contribution in [2.75, 3.05) is 11.1 Å². The predicted octanol–water partition coefficient (Wildman–Crippen LogP) is 1.57. The summed E-state index contributed by atoms with van der Waals surface area (Å²) in [4.78, 5) is 11.0. The van der Waals surface area contributed by atoms with Gasteiger partial charge in [-0.3, -0.25) is 4.79 Å². The third-order valence-corrected chi connectivity index (χ3v) is 1.96. The van der Waals surface area contributed by atoms with Crippen LogP contribution in [0.3, 0.4) is 0 Å². The van der Waals surface area contributed by atoms with Gasteiger partial charge in [-0.15, -0.1) is 0 Å². The number of nitrogen functional groups attached to an aromatic ring is 1. The molecule has 0 aliphatic heterocycles. The van der Waals surface area contributed by atoms with Crippen LogP contribution in [0.5, 0.6) is 0 Å². The lowest BCUT2D eigenvalue weighted by Gasteiger charge is -2.08. The molecule has 0 aromatic heterocycles. The van der Waals surface area contributed by atoms with Gasteiger partial charge < -0.3 is 11.1 Å². The smallest absolute Gasteiger partial charge is 0.247 e. The number of nitrogens with one attached hydrogen (secondary N) is 1. The van der Waals surface area contributed by atoms with E-state index in [1.54, 1.807) is 13.0 Å². The van der Waals surface area contributed by atoms with Crippen LogP contribution in [0.4, 0.5) is 11.4 Å². The van der Waals surface area contributed by atoms with Crippen molar-refractivity contribution in [1.82, 2.24) is 0 Å². The molecule has 0 atom stereocenters. The minimum absolute atomic E-state index is 0.328. The summed E-state index contributed by atoms with van der Waals surface area (Å²) in [7, 11) is 0. The minimum atomic E-state index is -0.328. The summed E-state index contributed by atoms with van der Waals surface area (Å²) in [6, 6.07) is 5.22. The van der Waals surface area contributed by atoms with Gasteiger partial charge >= 0.3 is 0 Å². The molecule has 0 saturated heterocycles. The average Bonchev–Trinajstić information content (AvgIpc) is 2.22. The van der Waals surface area contributed by atoms with Gasteiger partial charge in [-0.05, 0) is 30.7 Å². The van der Waals surface area contributed by atoms with Crippen molar-refractivity contribution in [2.24, 2.45) is 0 Å². The first-order valence-corrected chi connectivity index (χ1v) is 4.32. The van der Waals surface area contributed by atoms with Crippen LogP contribution in [0.2, 0.25) is 0 Å². The zero-order valence-electron chi connectivity index (χ0n) is 8.37. The molecule has 0 unspecified atom stereocenters.